The van der Waals surface area contributed by atoms with Gasteiger partial charge in [-0.05, 0) is 30.3 Å². The zero-order valence-corrected chi connectivity index (χ0v) is 9.17. The zero-order chi connectivity index (χ0) is 11.0. The van der Waals surface area contributed by atoms with E-state index in [1.165, 1.54) is 6.07 Å². The highest BCUT2D eigenvalue weighted by Crippen LogP contribution is 2.33. The SMILES string of the molecule is Fc1cccc2sc(-c3ccccn3)cc12. The fourth-order valence-corrected chi connectivity index (χ4v) is 2.71. The van der Waals surface area contributed by atoms with Crippen LogP contribution in [0.4, 0.5) is 4.39 Å². The van der Waals surface area contributed by atoms with E-state index in [0.29, 0.717) is 5.39 Å². The molecule has 0 fully saturated rings. The molecule has 3 rings (SSSR count). The molecule has 0 saturated carbocycles. The van der Waals surface area contributed by atoms with Crippen molar-refractivity contribution >= 4 is 21.4 Å². The number of fused-ring (bicyclic) bond motifs is 1. The van der Waals surface area contributed by atoms with Gasteiger partial charge in [-0.2, -0.15) is 0 Å². The molecule has 0 aliphatic heterocycles. The predicted octanol–water partition coefficient (Wildman–Crippen LogP) is 4.10. The molecule has 2 heterocycles. The Balaban J connectivity index is 2.23. The maximum atomic E-state index is 13.5. The second-order valence-corrected chi connectivity index (χ2v) is 4.56. The molecule has 78 valence electrons. The topological polar surface area (TPSA) is 12.9 Å². The summed E-state index contributed by atoms with van der Waals surface area (Å²) in [4.78, 5) is 5.26. The van der Waals surface area contributed by atoms with Gasteiger partial charge in [0, 0.05) is 16.3 Å². The third-order valence-electron chi connectivity index (χ3n) is 2.43. The smallest absolute Gasteiger partial charge is 0.131 e. The van der Waals surface area contributed by atoms with E-state index in [1.54, 1.807) is 23.6 Å². The Bertz CT molecular complexity index is 631. The Morgan fingerprint density at radius 1 is 1.06 bits per heavy atom. The highest BCUT2D eigenvalue weighted by atomic mass is 32.1. The van der Waals surface area contributed by atoms with Gasteiger partial charge in [0.15, 0.2) is 0 Å². The van der Waals surface area contributed by atoms with Crippen LogP contribution in [0.1, 0.15) is 0 Å². The first kappa shape index (κ1) is 9.48. The third kappa shape index (κ3) is 1.49. The summed E-state index contributed by atoms with van der Waals surface area (Å²) in [6, 6.07) is 12.7. The van der Waals surface area contributed by atoms with Gasteiger partial charge < -0.3 is 0 Å². The largest absolute Gasteiger partial charge is 0.255 e. The Morgan fingerprint density at radius 3 is 2.75 bits per heavy atom. The second kappa shape index (κ2) is 3.68. The lowest BCUT2D eigenvalue weighted by Crippen LogP contribution is -1.76. The Morgan fingerprint density at radius 2 is 2.00 bits per heavy atom. The molecule has 0 bridgehead atoms. The predicted molar refractivity (Wildman–Crippen MR) is 65.0 cm³/mol. The molecule has 1 nitrogen and oxygen atoms in total. The van der Waals surface area contributed by atoms with Crippen LogP contribution in [0, 0.1) is 5.82 Å². The van der Waals surface area contributed by atoms with Crippen LogP contribution in [0.15, 0.2) is 48.7 Å². The highest BCUT2D eigenvalue weighted by Gasteiger charge is 2.07. The maximum absolute atomic E-state index is 13.5. The van der Waals surface area contributed by atoms with Gasteiger partial charge in [0.1, 0.15) is 5.82 Å². The van der Waals surface area contributed by atoms with Crippen LogP contribution < -0.4 is 0 Å². The van der Waals surface area contributed by atoms with E-state index in [2.05, 4.69) is 4.98 Å². The van der Waals surface area contributed by atoms with Crippen LogP contribution in [0.5, 0.6) is 0 Å². The number of hydrogen-bond acceptors (Lipinski definition) is 2. The van der Waals surface area contributed by atoms with E-state index in [-0.39, 0.29) is 5.82 Å². The summed E-state index contributed by atoms with van der Waals surface area (Å²) in [5, 5.41) is 0.674. The highest BCUT2D eigenvalue weighted by molar-refractivity contribution is 7.22. The first-order valence-electron chi connectivity index (χ1n) is 4.94. The van der Waals surface area contributed by atoms with Crippen molar-refractivity contribution in [1.29, 1.82) is 0 Å². The summed E-state index contributed by atoms with van der Waals surface area (Å²) >= 11 is 1.56. The lowest BCUT2D eigenvalue weighted by atomic mass is 10.2. The molecule has 0 spiro atoms. The Hall–Kier alpha value is -1.74. The number of nitrogens with zero attached hydrogens (tertiary/aromatic N) is 1. The van der Waals surface area contributed by atoms with Gasteiger partial charge in [0.05, 0.1) is 10.6 Å². The molecule has 0 saturated heterocycles. The van der Waals surface area contributed by atoms with Crippen molar-refractivity contribution in [3.63, 3.8) is 0 Å². The van der Waals surface area contributed by atoms with Gasteiger partial charge in [-0.1, -0.05) is 12.1 Å². The molecule has 0 N–H and O–H groups in total. The number of hydrogen-bond donors (Lipinski definition) is 0. The molecule has 2 aromatic heterocycles. The van der Waals surface area contributed by atoms with Crippen molar-refractivity contribution in [3.05, 3.63) is 54.5 Å². The third-order valence-corrected chi connectivity index (χ3v) is 3.55. The van der Waals surface area contributed by atoms with Gasteiger partial charge in [-0.3, -0.25) is 4.98 Å². The van der Waals surface area contributed by atoms with E-state index in [1.807, 2.05) is 30.3 Å². The van der Waals surface area contributed by atoms with Crippen molar-refractivity contribution in [2.45, 2.75) is 0 Å². The second-order valence-electron chi connectivity index (χ2n) is 3.48. The number of pyridine rings is 1. The lowest BCUT2D eigenvalue weighted by molar-refractivity contribution is 0.640. The molecule has 16 heavy (non-hydrogen) atoms. The maximum Gasteiger partial charge on any atom is 0.131 e. The fraction of sp³-hybridized carbons (Fsp3) is 0. The summed E-state index contributed by atoms with van der Waals surface area (Å²) in [6.45, 7) is 0. The van der Waals surface area contributed by atoms with Crippen LogP contribution >= 0.6 is 11.3 Å². The minimum absolute atomic E-state index is 0.170. The van der Waals surface area contributed by atoms with Crippen LogP contribution in [-0.4, -0.2) is 4.98 Å². The molecule has 0 unspecified atom stereocenters. The van der Waals surface area contributed by atoms with Crippen LogP contribution in [0.3, 0.4) is 0 Å². The Labute approximate surface area is 96.2 Å². The van der Waals surface area contributed by atoms with Crippen LogP contribution in [0.2, 0.25) is 0 Å². The summed E-state index contributed by atoms with van der Waals surface area (Å²) < 4.78 is 14.5. The number of benzene rings is 1. The molecule has 3 heteroatoms. The Kier molecular flexibility index (Phi) is 2.18. The fourth-order valence-electron chi connectivity index (χ4n) is 1.66. The number of aromatic nitrogens is 1. The minimum atomic E-state index is -0.170. The molecule has 0 atom stereocenters. The molecule has 3 aromatic rings. The summed E-state index contributed by atoms with van der Waals surface area (Å²) in [7, 11) is 0. The van der Waals surface area contributed by atoms with Gasteiger partial charge in [0.25, 0.3) is 0 Å². The van der Waals surface area contributed by atoms with Crippen LogP contribution in [0.25, 0.3) is 20.7 Å². The quantitative estimate of drug-likeness (QED) is 0.612. The van der Waals surface area contributed by atoms with Crippen molar-refractivity contribution in [1.82, 2.24) is 4.98 Å². The van der Waals surface area contributed by atoms with Gasteiger partial charge >= 0.3 is 0 Å². The monoisotopic (exact) mass is 229 g/mol. The molecular weight excluding hydrogens is 221 g/mol. The molecule has 0 amide bonds. The van der Waals surface area contributed by atoms with Crippen LogP contribution in [-0.2, 0) is 0 Å². The summed E-state index contributed by atoms with van der Waals surface area (Å²) in [5.74, 6) is -0.170. The first-order chi connectivity index (χ1) is 7.84. The van der Waals surface area contributed by atoms with Gasteiger partial charge in [-0.25, -0.2) is 4.39 Å². The number of halogens is 1. The standard InChI is InChI=1S/C13H8FNS/c14-10-4-3-6-12-9(10)8-13(16-12)11-5-1-2-7-15-11/h1-8H. The molecule has 1 aromatic carbocycles. The van der Waals surface area contributed by atoms with E-state index in [4.69, 9.17) is 0 Å². The zero-order valence-electron chi connectivity index (χ0n) is 8.35. The van der Waals surface area contributed by atoms with E-state index >= 15 is 0 Å². The van der Waals surface area contributed by atoms with Gasteiger partial charge in [0.2, 0.25) is 0 Å². The van der Waals surface area contributed by atoms with Crippen molar-refractivity contribution in [2.24, 2.45) is 0 Å². The number of rotatable bonds is 1. The minimum Gasteiger partial charge on any atom is -0.255 e. The van der Waals surface area contributed by atoms with Crippen molar-refractivity contribution in [3.8, 4) is 10.6 Å². The molecule has 0 radical (unpaired) electrons. The average Bonchev–Trinajstić information content (AvgIpc) is 2.76. The average molecular weight is 229 g/mol. The van der Waals surface area contributed by atoms with Crippen molar-refractivity contribution in [2.75, 3.05) is 0 Å². The van der Waals surface area contributed by atoms with E-state index in [0.717, 1.165) is 15.3 Å². The van der Waals surface area contributed by atoms with E-state index < -0.39 is 0 Å². The summed E-state index contributed by atoms with van der Waals surface area (Å²) in [6.07, 6.45) is 1.75. The first-order valence-corrected chi connectivity index (χ1v) is 5.76. The molecule has 0 aliphatic carbocycles. The lowest BCUT2D eigenvalue weighted by Gasteiger charge is -1.92. The number of thiophene rings is 1. The molecule has 0 aliphatic rings. The normalized spacial score (nSPS) is 10.8. The summed E-state index contributed by atoms with van der Waals surface area (Å²) in [5.41, 5.74) is 0.892. The van der Waals surface area contributed by atoms with Crippen molar-refractivity contribution < 1.29 is 4.39 Å². The molecular formula is C13H8FNS. The van der Waals surface area contributed by atoms with E-state index in [9.17, 15) is 4.39 Å². The van der Waals surface area contributed by atoms with Gasteiger partial charge in [-0.15, -0.1) is 11.3 Å².